The maximum atomic E-state index is 12.1. The number of amides is 2. The third-order valence-corrected chi connectivity index (χ3v) is 2.98. The van der Waals surface area contributed by atoms with Crippen LogP contribution in [-0.2, 0) is 16.0 Å². The summed E-state index contributed by atoms with van der Waals surface area (Å²) in [5.41, 5.74) is 1.93. The first-order chi connectivity index (χ1) is 8.13. The van der Waals surface area contributed by atoms with Gasteiger partial charge in [0, 0.05) is 5.69 Å². The minimum absolute atomic E-state index is 0.0505. The summed E-state index contributed by atoms with van der Waals surface area (Å²) >= 11 is 0. The minimum Gasteiger partial charge on any atom is -0.343 e. The van der Waals surface area contributed by atoms with Gasteiger partial charge in [0.1, 0.15) is 12.6 Å². The van der Waals surface area contributed by atoms with Crippen LogP contribution in [0.15, 0.2) is 24.3 Å². The lowest BCUT2D eigenvalue weighted by Gasteiger charge is -2.32. The average Bonchev–Trinajstić information content (AvgIpc) is 2.33. The van der Waals surface area contributed by atoms with E-state index in [0.717, 1.165) is 17.7 Å². The molecule has 4 nitrogen and oxygen atoms in total. The Kier molecular flexibility index (Phi) is 3.13. The van der Waals surface area contributed by atoms with Crippen molar-refractivity contribution in [1.82, 2.24) is 5.32 Å². The number of carbonyl (C=O) groups excluding carboxylic acids is 2. The third-order valence-electron chi connectivity index (χ3n) is 2.98. The highest BCUT2D eigenvalue weighted by molar-refractivity contribution is 6.06. The smallest absolute Gasteiger partial charge is 0.249 e. The molecule has 1 saturated heterocycles. The fourth-order valence-electron chi connectivity index (χ4n) is 2.08. The van der Waals surface area contributed by atoms with Gasteiger partial charge in [-0.05, 0) is 25.0 Å². The van der Waals surface area contributed by atoms with Crippen LogP contribution in [0.4, 0.5) is 5.69 Å². The summed E-state index contributed by atoms with van der Waals surface area (Å²) in [5, 5.41) is 2.64. The molecule has 0 saturated carbocycles. The van der Waals surface area contributed by atoms with Crippen LogP contribution in [0.3, 0.4) is 0 Å². The zero-order valence-corrected chi connectivity index (χ0v) is 10.1. The topological polar surface area (TPSA) is 49.4 Å². The van der Waals surface area contributed by atoms with Crippen LogP contribution in [-0.4, -0.2) is 24.4 Å². The van der Waals surface area contributed by atoms with Crippen molar-refractivity contribution in [3.8, 4) is 0 Å². The number of nitrogens with one attached hydrogen (secondary N) is 1. The number of benzene rings is 1. The van der Waals surface area contributed by atoms with Gasteiger partial charge in [-0.2, -0.15) is 0 Å². The molecule has 1 aromatic rings. The molecule has 2 amide bonds. The van der Waals surface area contributed by atoms with Gasteiger partial charge in [0.25, 0.3) is 0 Å². The van der Waals surface area contributed by atoms with Crippen LogP contribution in [0.2, 0.25) is 0 Å². The maximum absolute atomic E-state index is 12.1. The SMILES string of the molecule is CCc1ccccc1N1CC(=O)NC(C)C1=O. The first kappa shape index (κ1) is 11.6. The molecule has 1 fully saturated rings. The zero-order valence-electron chi connectivity index (χ0n) is 10.1. The van der Waals surface area contributed by atoms with Gasteiger partial charge in [0.05, 0.1) is 0 Å². The van der Waals surface area contributed by atoms with E-state index in [1.165, 1.54) is 0 Å². The van der Waals surface area contributed by atoms with Crippen molar-refractivity contribution in [3.63, 3.8) is 0 Å². The van der Waals surface area contributed by atoms with E-state index >= 15 is 0 Å². The van der Waals surface area contributed by atoms with Crippen molar-refractivity contribution >= 4 is 17.5 Å². The fraction of sp³-hybridized carbons (Fsp3) is 0.385. The van der Waals surface area contributed by atoms with Crippen LogP contribution in [0, 0.1) is 0 Å². The van der Waals surface area contributed by atoms with E-state index in [1.807, 2.05) is 31.2 Å². The number of nitrogens with zero attached hydrogens (tertiary/aromatic N) is 1. The normalized spacial score (nSPS) is 20.4. The molecule has 1 N–H and O–H groups in total. The van der Waals surface area contributed by atoms with Gasteiger partial charge in [0.15, 0.2) is 0 Å². The molecule has 1 heterocycles. The molecule has 1 aliphatic rings. The lowest BCUT2D eigenvalue weighted by atomic mass is 10.1. The molecule has 2 rings (SSSR count). The molecule has 0 aromatic heterocycles. The van der Waals surface area contributed by atoms with E-state index < -0.39 is 6.04 Å². The van der Waals surface area contributed by atoms with E-state index in [0.29, 0.717) is 0 Å². The molecular formula is C13H16N2O2. The largest absolute Gasteiger partial charge is 0.343 e. The van der Waals surface area contributed by atoms with Gasteiger partial charge in [-0.15, -0.1) is 0 Å². The number of anilines is 1. The Morgan fingerprint density at radius 2 is 2.06 bits per heavy atom. The molecule has 0 aliphatic carbocycles. The predicted molar refractivity (Wildman–Crippen MR) is 65.8 cm³/mol. The number of para-hydroxylation sites is 1. The second-order valence-corrected chi connectivity index (χ2v) is 4.20. The van der Waals surface area contributed by atoms with E-state index in [1.54, 1.807) is 11.8 Å². The second-order valence-electron chi connectivity index (χ2n) is 4.20. The number of hydrogen-bond donors (Lipinski definition) is 1. The summed E-state index contributed by atoms with van der Waals surface area (Å²) in [6.45, 7) is 3.86. The molecule has 17 heavy (non-hydrogen) atoms. The molecular weight excluding hydrogens is 216 g/mol. The third kappa shape index (κ3) is 2.16. The average molecular weight is 232 g/mol. The van der Waals surface area contributed by atoms with E-state index in [-0.39, 0.29) is 18.4 Å². The standard InChI is InChI=1S/C13H16N2O2/c1-3-10-6-4-5-7-11(10)15-8-12(16)14-9(2)13(15)17/h4-7,9H,3,8H2,1-2H3,(H,14,16). The fourth-order valence-corrected chi connectivity index (χ4v) is 2.08. The summed E-state index contributed by atoms with van der Waals surface area (Å²) < 4.78 is 0. The molecule has 1 aliphatic heterocycles. The first-order valence-corrected chi connectivity index (χ1v) is 5.82. The molecule has 0 spiro atoms. The molecule has 0 bridgehead atoms. The summed E-state index contributed by atoms with van der Waals surface area (Å²) in [4.78, 5) is 25.1. The highest BCUT2D eigenvalue weighted by atomic mass is 16.2. The lowest BCUT2D eigenvalue weighted by molar-refractivity contribution is -0.130. The Balaban J connectivity index is 2.37. The van der Waals surface area contributed by atoms with Crippen molar-refractivity contribution in [2.24, 2.45) is 0 Å². The van der Waals surface area contributed by atoms with E-state index in [9.17, 15) is 9.59 Å². The van der Waals surface area contributed by atoms with Crippen LogP contribution in [0.25, 0.3) is 0 Å². The maximum Gasteiger partial charge on any atom is 0.249 e. The summed E-state index contributed by atoms with van der Waals surface area (Å²) in [7, 11) is 0. The number of carbonyl (C=O) groups is 2. The monoisotopic (exact) mass is 232 g/mol. The van der Waals surface area contributed by atoms with Crippen molar-refractivity contribution in [3.05, 3.63) is 29.8 Å². The highest BCUT2D eigenvalue weighted by Gasteiger charge is 2.31. The molecule has 1 aromatic carbocycles. The molecule has 90 valence electrons. The van der Waals surface area contributed by atoms with Crippen LogP contribution in [0.5, 0.6) is 0 Å². The van der Waals surface area contributed by atoms with Gasteiger partial charge >= 0.3 is 0 Å². The summed E-state index contributed by atoms with van der Waals surface area (Å²) in [6, 6.07) is 7.27. The van der Waals surface area contributed by atoms with Crippen molar-refractivity contribution in [1.29, 1.82) is 0 Å². The highest BCUT2D eigenvalue weighted by Crippen LogP contribution is 2.22. The van der Waals surface area contributed by atoms with Gasteiger partial charge in [0.2, 0.25) is 11.8 Å². The summed E-state index contributed by atoms with van der Waals surface area (Å²) in [5.74, 6) is -0.159. The van der Waals surface area contributed by atoms with Crippen LogP contribution in [0.1, 0.15) is 19.4 Å². The van der Waals surface area contributed by atoms with Gasteiger partial charge in [-0.1, -0.05) is 25.1 Å². The van der Waals surface area contributed by atoms with Gasteiger partial charge in [-0.3, -0.25) is 9.59 Å². The number of rotatable bonds is 2. The van der Waals surface area contributed by atoms with E-state index in [2.05, 4.69) is 5.32 Å². The molecule has 1 atom stereocenters. The van der Waals surface area contributed by atoms with Crippen molar-refractivity contribution < 1.29 is 9.59 Å². The second kappa shape index (κ2) is 4.57. The van der Waals surface area contributed by atoms with Crippen LogP contribution < -0.4 is 10.2 Å². The number of piperazine rings is 1. The van der Waals surface area contributed by atoms with Gasteiger partial charge < -0.3 is 10.2 Å². The predicted octanol–water partition coefficient (Wildman–Crippen LogP) is 1.10. The Bertz CT molecular complexity index is 456. The molecule has 4 heteroatoms. The first-order valence-electron chi connectivity index (χ1n) is 5.82. The number of hydrogen-bond acceptors (Lipinski definition) is 2. The number of aryl methyl sites for hydroxylation is 1. The van der Waals surface area contributed by atoms with Gasteiger partial charge in [-0.25, -0.2) is 0 Å². The van der Waals surface area contributed by atoms with Crippen LogP contribution >= 0.6 is 0 Å². The Hall–Kier alpha value is -1.84. The van der Waals surface area contributed by atoms with Crippen molar-refractivity contribution in [2.75, 3.05) is 11.4 Å². The van der Waals surface area contributed by atoms with Crippen molar-refractivity contribution in [2.45, 2.75) is 26.3 Å². The molecule has 1 unspecified atom stereocenters. The quantitative estimate of drug-likeness (QED) is 0.830. The minimum atomic E-state index is -0.443. The molecule has 0 radical (unpaired) electrons. The zero-order chi connectivity index (χ0) is 12.4. The lowest BCUT2D eigenvalue weighted by Crippen LogP contribution is -2.57. The van der Waals surface area contributed by atoms with E-state index in [4.69, 9.17) is 0 Å². The summed E-state index contributed by atoms with van der Waals surface area (Å²) in [6.07, 6.45) is 0.843. The Morgan fingerprint density at radius 3 is 2.76 bits per heavy atom. The Labute approximate surface area is 101 Å². The Morgan fingerprint density at radius 1 is 1.35 bits per heavy atom.